The summed E-state index contributed by atoms with van der Waals surface area (Å²) in [7, 11) is 0. The van der Waals surface area contributed by atoms with Crippen molar-refractivity contribution in [3.63, 3.8) is 0 Å². The van der Waals surface area contributed by atoms with E-state index in [2.05, 4.69) is 217 Å². The van der Waals surface area contributed by atoms with E-state index in [1.54, 1.807) is 0 Å². The minimum absolute atomic E-state index is 0.906. The first-order valence-electron chi connectivity index (χ1n) is 21.3. The van der Waals surface area contributed by atoms with Gasteiger partial charge >= 0.3 is 0 Å². The van der Waals surface area contributed by atoms with Crippen molar-refractivity contribution in [2.75, 3.05) is 4.90 Å². The monoisotopic (exact) mass is 787 g/mol. The lowest BCUT2D eigenvalue weighted by molar-refractivity contribution is 0.670. The fraction of sp³-hybridized carbons (Fsp3) is 0. The molecular weight excluding hydrogens is 751 g/mol. The molecule has 2 heteroatoms. The van der Waals surface area contributed by atoms with Crippen molar-refractivity contribution in [2.45, 2.75) is 0 Å². The first-order chi connectivity index (χ1) is 30.7. The molecule has 13 rings (SSSR count). The van der Waals surface area contributed by atoms with Crippen LogP contribution < -0.4 is 4.90 Å². The number of hydrogen-bond acceptors (Lipinski definition) is 2. The summed E-state index contributed by atoms with van der Waals surface area (Å²) in [6.45, 7) is 0. The van der Waals surface area contributed by atoms with E-state index < -0.39 is 0 Å². The highest BCUT2D eigenvalue weighted by Gasteiger charge is 2.22. The maximum Gasteiger partial charge on any atom is 0.143 e. The highest BCUT2D eigenvalue weighted by atomic mass is 16.3. The van der Waals surface area contributed by atoms with Gasteiger partial charge < -0.3 is 9.32 Å². The van der Waals surface area contributed by atoms with E-state index in [0.29, 0.717) is 0 Å². The molecular formula is C60H37NO. The van der Waals surface area contributed by atoms with Crippen molar-refractivity contribution >= 4 is 71.3 Å². The Bertz CT molecular complexity index is 3730. The first-order valence-corrected chi connectivity index (χ1v) is 21.3. The van der Waals surface area contributed by atoms with E-state index in [1.165, 1.54) is 76.8 Å². The van der Waals surface area contributed by atoms with Crippen molar-refractivity contribution in [2.24, 2.45) is 0 Å². The molecule has 0 saturated carbocycles. The molecule has 0 radical (unpaired) electrons. The first kappa shape index (κ1) is 34.6. The Hall–Kier alpha value is -8.20. The zero-order valence-electron chi connectivity index (χ0n) is 33.7. The molecule has 2 nitrogen and oxygen atoms in total. The second-order valence-electron chi connectivity index (χ2n) is 16.5. The predicted octanol–water partition coefficient (Wildman–Crippen LogP) is 17.2. The SMILES string of the molecule is c1ccc2c(c1)-c1cccc3cc(-c4ccc(N(c5ccc(-c6ccc7ccc8ccccc8c7c6)cc5)c5ccc(-c6cccc7c6oc6ccccc67)cc5)cc4)cc-2c13. The lowest BCUT2D eigenvalue weighted by Crippen LogP contribution is -2.09. The van der Waals surface area contributed by atoms with Crippen LogP contribution in [0.2, 0.25) is 0 Å². The quantitative estimate of drug-likeness (QED) is 0.156. The normalized spacial score (nSPS) is 11.9. The van der Waals surface area contributed by atoms with Crippen molar-refractivity contribution < 1.29 is 4.42 Å². The van der Waals surface area contributed by atoms with Crippen LogP contribution >= 0.6 is 0 Å². The van der Waals surface area contributed by atoms with Crippen LogP contribution in [0.25, 0.3) is 110 Å². The number of para-hydroxylation sites is 2. The molecule has 1 aliphatic rings. The van der Waals surface area contributed by atoms with E-state index in [1.807, 2.05) is 12.1 Å². The topological polar surface area (TPSA) is 16.4 Å². The molecule has 12 aromatic rings. The summed E-state index contributed by atoms with van der Waals surface area (Å²) in [5, 5.41) is 9.95. The number of hydrogen-bond donors (Lipinski definition) is 0. The summed E-state index contributed by atoms with van der Waals surface area (Å²) in [6, 6.07) is 81.8. The molecule has 0 saturated heterocycles. The predicted molar refractivity (Wildman–Crippen MR) is 262 cm³/mol. The molecule has 1 heterocycles. The molecule has 0 atom stereocenters. The van der Waals surface area contributed by atoms with Crippen LogP contribution in [0.15, 0.2) is 229 Å². The fourth-order valence-corrected chi connectivity index (χ4v) is 9.98. The summed E-state index contributed by atoms with van der Waals surface area (Å²) in [4.78, 5) is 2.36. The third kappa shape index (κ3) is 5.44. The fourth-order valence-electron chi connectivity index (χ4n) is 9.98. The number of rotatable bonds is 6. The molecule has 1 aromatic heterocycles. The zero-order chi connectivity index (χ0) is 40.7. The van der Waals surface area contributed by atoms with Crippen LogP contribution in [0.5, 0.6) is 0 Å². The van der Waals surface area contributed by atoms with Crippen molar-refractivity contribution in [3.8, 4) is 55.6 Å². The van der Waals surface area contributed by atoms with E-state index in [4.69, 9.17) is 4.42 Å². The Morgan fingerprint density at radius 2 is 0.790 bits per heavy atom. The number of nitrogens with zero attached hydrogens (tertiary/aromatic N) is 1. The molecule has 0 N–H and O–H groups in total. The number of benzene rings is 11. The lowest BCUT2D eigenvalue weighted by atomic mass is 9.96. The van der Waals surface area contributed by atoms with Gasteiger partial charge in [-0.1, -0.05) is 164 Å². The smallest absolute Gasteiger partial charge is 0.143 e. The second kappa shape index (κ2) is 13.7. The van der Waals surface area contributed by atoms with E-state index in [9.17, 15) is 0 Å². The lowest BCUT2D eigenvalue weighted by Gasteiger charge is -2.26. The van der Waals surface area contributed by atoms with Crippen LogP contribution in [0.1, 0.15) is 0 Å². The van der Waals surface area contributed by atoms with E-state index in [0.717, 1.165) is 50.1 Å². The Balaban J connectivity index is 0.901. The van der Waals surface area contributed by atoms with Crippen LogP contribution in [0, 0.1) is 0 Å². The number of anilines is 3. The van der Waals surface area contributed by atoms with Gasteiger partial charge in [0.05, 0.1) is 0 Å². The average Bonchev–Trinajstić information content (AvgIpc) is 3.89. The largest absolute Gasteiger partial charge is 0.455 e. The van der Waals surface area contributed by atoms with Crippen LogP contribution in [-0.4, -0.2) is 0 Å². The summed E-state index contributed by atoms with van der Waals surface area (Å²) >= 11 is 0. The van der Waals surface area contributed by atoms with Gasteiger partial charge in [0.2, 0.25) is 0 Å². The molecule has 11 aromatic carbocycles. The molecule has 0 unspecified atom stereocenters. The summed E-state index contributed by atoms with van der Waals surface area (Å²) in [5.74, 6) is 0. The summed E-state index contributed by atoms with van der Waals surface area (Å²) in [5.41, 5.74) is 17.3. The maximum atomic E-state index is 6.44. The van der Waals surface area contributed by atoms with E-state index in [-0.39, 0.29) is 0 Å². The molecule has 0 bridgehead atoms. The Kier molecular flexibility index (Phi) is 7.64. The minimum Gasteiger partial charge on any atom is -0.455 e. The third-order valence-electron chi connectivity index (χ3n) is 13.0. The van der Waals surface area contributed by atoms with Gasteiger partial charge in [-0.3, -0.25) is 0 Å². The number of fused-ring (bicyclic) bond motifs is 9. The van der Waals surface area contributed by atoms with Gasteiger partial charge in [0.15, 0.2) is 0 Å². The van der Waals surface area contributed by atoms with Crippen LogP contribution in [-0.2, 0) is 0 Å². The molecule has 0 aliphatic heterocycles. The van der Waals surface area contributed by atoms with E-state index >= 15 is 0 Å². The summed E-state index contributed by atoms with van der Waals surface area (Å²) < 4.78 is 6.44. The standard InChI is InChI=1S/C60H37NO/c1-2-11-49-40(9-1)19-20-42-21-22-43(36-56(42)49)38-23-29-46(30-24-38)61(48-33-27-41(28-34-48)50-15-8-17-55-53-14-5-6-18-58(53)62-60(50)55)47-31-25-39(26-32-47)45-35-44-10-7-16-54-51-12-3-4-13-52(51)57(37-45)59(44)54/h1-37H. The third-order valence-corrected chi connectivity index (χ3v) is 13.0. The molecule has 0 amide bonds. The molecule has 62 heavy (non-hydrogen) atoms. The van der Waals surface area contributed by atoms with Gasteiger partial charge in [0.1, 0.15) is 11.2 Å². The van der Waals surface area contributed by atoms with Gasteiger partial charge in [0, 0.05) is 33.4 Å². The Labute approximate surface area is 359 Å². The maximum absolute atomic E-state index is 6.44. The van der Waals surface area contributed by atoms with Crippen molar-refractivity contribution in [1.82, 2.24) is 0 Å². The van der Waals surface area contributed by atoms with Crippen LogP contribution in [0.3, 0.4) is 0 Å². The molecule has 0 spiro atoms. The molecule has 288 valence electrons. The summed E-state index contributed by atoms with van der Waals surface area (Å²) in [6.07, 6.45) is 0. The Morgan fingerprint density at radius 3 is 1.55 bits per heavy atom. The molecule has 1 aliphatic carbocycles. The molecule has 0 fully saturated rings. The Morgan fingerprint density at radius 1 is 0.274 bits per heavy atom. The highest BCUT2D eigenvalue weighted by molar-refractivity contribution is 6.16. The minimum atomic E-state index is 0.906. The van der Waals surface area contributed by atoms with Gasteiger partial charge in [-0.05, 0) is 143 Å². The van der Waals surface area contributed by atoms with Crippen molar-refractivity contribution in [1.29, 1.82) is 0 Å². The van der Waals surface area contributed by atoms with Gasteiger partial charge in [-0.15, -0.1) is 0 Å². The van der Waals surface area contributed by atoms with Gasteiger partial charge in [-0.25, -0.2) is 0 Å². The average molecular weight is 788 g/mol. The van der Waals surface area contributed by atoms with Gasteiger partial charge in [0.25, 0.3) is 0 Å². The second-order valence-corrected chi connectivity index (χ2v) is 16.5. The van der Waals surface area contributed by atoms with Crippen molar-refractivity contribution in [3.05, 3.63) is 224 Å². The van der Waals surface area contributed by atoms with Gasteiger partial charge in [-0.2, -0.15) is 0 Å². The highest BCUT2D eigenvalue weighted by Crippen LogP contribution is 2.49. The number of furan rings is 1. The zero-order valence-corrected chi connectivity index (χ0v) is 33.7. The van der Waals surface area contributed by atoms with Crippen LogP contribution in [0.4, 0.5) is 17.1 Å².